The lowest BCUT2D eigenvalue weighted by atomic mass is 9.90. The van der Waals surface area contributed by atoms with Crippen LogP contribution in [-0.2, 0) is 4.74 Å². The molecular weight excluding hydrogens is 224 g/mol. The van der Waals surface area contributed by atoms with Crippen molar-refractivity contribution in [3.05, 3.63) is 0 Å². The zero-order chi connectivity index (χ0) is 13.1. The van der Waals surface area contributed by atoms with Crippen molar-refractivity contribution in [3.8, 4) is 0 Å². The van der Waals surface area contributed by atoms with Crippen LogP contribution in [0.2, 0.25) is 0 Å². The van der Waals surface area contributed by atoms with Crippen LogP contribution in [0.4, 0.5) is 0 Å². The zero-order valence-corrected chi connectivity index (χ0v) is 12.5. The summed E-state index contributed by atoms with van der Waals surface area (Å²) in [5, 5.41) is 3.75. The van der Waals surface area contributed by atoms with Gasteiger partial charge >= 0.3 is 0 Å². The Bertz CT molecular complexity index is 251. The molecule has 0 aromatic heterocycles. The molecule has 0 radical (unpaired) electrons. The van der Waals surface area contributed by atoms with Crippen molar-refractivity contribution >= 4 is 0 Å². The highest BCUT2D eigenvalue weighted by Crippen LogP contribution is 2.25. The molecule has 0 spiro atoms. The summed E-state index contributed by atoms with van der Waals surface area (Å²) in [5.74, 6) is 1.49. The molecule has 0 saturated carbocycles. The Kier molecular flexibility index (Phi) is 5.05. The average Bonchev–Trinajstić information content (AvgIpc) is 2.90. The summed E-state index contributed by atoms with van der Waals surface area (Å²) in [5.41, 5.74) is 0. The van der Waals surface area contributed by atoms with Crippen LogP contribution in [0.3, 0.4) is 0 Å². The number of hydrogen-bond acceptors (Lipinski definition) is 3. The van der Waals surface area contributed by atoms with Gasteiger partial charge in [0.2, 0.25) is 0 Å². The molecule has 2 aliphatic heterocycles. The fraction of sp³-hybridized carbons (Fsp3) is 1.00. The third-order valence-electron chi connectivity index (χ3n) is 4.90. The van der Waals surface area contributed by atoms with E-state index >= 15 is 0 Å². The van der Waals surface area contributed by atoms with Crippen molar-refractivity contribution in [2.24, 2.45) is 11.8 Å². The van der Waals surface area contributed by atoms with E-state index in [1.165, 1.54) is 19.4 Å². The summed E-state index contributed by atoms with van der Waals surface area (Å²) < 4.78 is 5.61. The summed E-state index contributed by atoms with van der Waals surface area (Å²) >= 11 is 0. The van der Waals surface area contributed by atoms with Gasteiger partial charge in [0.25, 0.3) is 0 Å². The minimum Gasteiger partial charge on any atom is -0.380 e. The number of hydrogen-bond donors (Lipinski definition) is 1. The molecule has 106 valence electrons. The maximum absolute atomic E-state index is 5.61. The van der Waals surface area contributed by atoms with Gasteiger partial charge in [-0.1, -0.05) is 34.1 Å². The predicted octanol–water partition coefficient (Wildman–Crippen LogP) is 2.12. The molecular formula is C15H30N2O. The van der Waals surface area contributed by atoms with Gasteiger partial charge in [-0.05, 0) is 18.3 Å². The summed E-state index contributed by atoms with van der Waals surface area (Å²) in [6, 6.07) is 2.00. The number of nitrogens with one attached hydrogen (secondary N) is 1. The topological polar surface area (TPSA) is 24.5 Å². The van der Waals surface area contributed by atoms with Crippen LogP contribution in [0.5, 0.6) is 0 Å². The Morgan fingerprint density at radius 3 is 2.67 bits per heavy atom. The van der Waals surface area contributed by atoms with Crippen LogP contribution in [0.1, 0.15) is 40.5 Å². The minimum atomic E-state index is 0.644. The lowest BCUT2D eigenvalue weighted by Crippen LogP contribution is -2.62. The fourth-order valence-corrected chi connectivity index (χ4v) is 3.27. The van der Waals surface area contributed by atoms with Crippen molar-refractivity contribution in [1.29, 1.82) is 0 Å². The first-order valence-electron chi connectivity index (χ1n) is 7.70. The Morgan fingerprint density at radius 1 is 1.33 bits per heavy atom. The molecule has 0 bridgehead atoms. The van der Waals surface area contributed by atoms with Crippen molar-refractivity contribution in [2.75, 3.05) is 26.3 Å². The van der Waals surface area contributed by atoms with Crippen molar-refractivity contribution in [3.63, 3.8) is 0 Å². The molecule has 1 N–H and O–H groups in total. The van der Waals surface area contributed by atoms with E-state index in [1.54, 1.807) is 0 Å². The molecule has 2 heterocycles. The van der Waals surface area contributed by atoms with Gasteiger partial charge in [0.05, 0.1) is 6.61 Å². The van der Waals surface area contributed by atoms with Crippen LogP contribution in [0.15, 0.2) is 0 Å². The van der Waals surface area contributed by atoms with Gasteiger partial charge in [-0.2, -0.15) is 0 Å². The number of nitrogens with zero attached hydrogens (tertiary/aromatic N) is 1. The summed E-state index contributed by atoms with van der Waals surface area (Å²) in [4.78, 5) is 2.75. The molecule has 18 heavy (non-hydrogen) atoms. The van der Waals surface area contributed by atoms with Gasteiger partial charge in [0.1, 0.15) is 0 Å². The van der Waals surface area contributed by atoms with Crippen molar-refractivity contribution < 1.29 is 4.74 Å². The molecule has 4 unspecified atom stereocenters. The van der Waals surface area contributed by atoms with E-state index in [2.05, 4.69) is 37.9 Å². The highest BCUT2D eigenvalue weighted by Gasteiger charge is 2.37. The molecule has 0 aromatic rings. The molecule has 2 fully saturated rings. The normalized spacial score (nSPS) is 36.2. The first-order chi connectivity index (χ1) is 8.63. The van der Waals surface area contributed by atoms with E-state index in [-0.39, 0.29) is 0 Å². The minimum absolute atomic E-state index is 0.644. The molecule has 3 heteroatoms. The summed E-state index contributed by atoms with van der Waals surface area (Å²) in [6.07, 6.45) is 2.49. The SMILES string of the molecule is CCC(C)C1CNC(C(C)C)CN1C1CCOC1. The molecule has 0 aliphatic carbocycles. The highest BCUT2D eigenvalue weighted by molar-refractivity contribution is 4.93. The molecule has 2 aliphatic rings. The van der Waals surface area contributed by atoms with Crippen LogP contribution < -0.4 is 5.32 Å². The monoisotopic (exact) mass is 254 g/mol. The predicted molar refractivity (Wildman–Crippen MR) is 75.8 cm³/mol. The Labute approximate surface area is 112 Å². The first kappa shape index (κ1) is 14.3. The molecule has 0 amide bonds. The Balaban J connectivity index is 2.05. The van der Waals surface area contributed by atoms with Crippen molar-refractivity contribution in [1.82, 2.24) is 10.2 Å². The smallest absolute Gasteiger partial charge is 0.0622 e. The lowest BCUT2D eigenvalue weighted by Gasteiger charge is -2.46. The summed E-state index contributed by atoms with van der Waals surface area (Å²) in [7, 11) is 0. The summed E-state index contributed by atoms with van der Waals surface area (Å²) in [6.45, 7) is 13.6. The lowest BCUT2D eigenvalue weighted by molar-refractivity contribution is 0.0347. The molecule has 3 nitrogen and oxygen atoms in total. The second-order valence-corrected chi connectivity index (χ2v) is 6.43. The van der Waals surface area contributed by atoms with E-state index in [1.807, 2.05) is 0 Å². The fourth-order valence-electron chi connectivity index (χ4n) is 3.27. The van der Waals surface area contributed by atoms with Crippen molar-refractivity contribution in [2.45, 2.75) is 58.7 Å². The molecule has 2 rings (SSSR count). The third-order valence-corrected chi connectivity index (χ3v) is 4.90. The molecule has 2 saturated heterocycles. The molecule has 4 atom stereocenters. The highest BCUT2D eigenvalue weighted by atomic mass is 16.5. The molecule has 0 aromatic carbocycles. The van der Waals surface area contributed by atoms with E-state index in [0.717, 1.165) is 25.7 Å². The second-order valence-electron chi connectivity index (χ2n) is 6.43. The maximum atomic E-state index is 5.61. The van der Waals surface area contributed by atoms with E-state index in [0.29, 0.717) is 24.0 Å². The zero-order valence-electron chi connectivity index (χ0n) is 12.5. The Hall–Kier alpha value is -0.120. The van der Waals surface area contributed by atoms with Crippen LogP contribution in [-0.4, -0.2) is 49.3 Å². The van der Waals surface area contributed by atoms with Gasteiger partial charge in [0, 0.05) is 37.8 Å². The van der Waals surface area contributed by atoms with Gasteiger partial charge < -0.3 is 10.1 Å². The average molecular weight is 254 g/mol. The van der Waals surface area contributed by atoms with Gasteiger partial charge in [0.15, 0.2) is 0 Å². The van der Waals surface area contributed by atoms with Gasteiger partial charge in [-0.25, -0.2) is 0 Å². The van der Waals surface area contributed by atoms with E-state index in [4.69, 9.17) is 4.74 Å². The van der Waals surface area contributed by atoms with Crippen LogP contribution in [0, 0.1) is 11.8 Å². The second kappa shape index (κ2) is 6.36. The number of ether oxygens (including phenoxy) is 1. The maximum Gasteiger partial charge on any atom is 0.0622 e. The number of rotatable bonds is 4. The van der Waals surface area contributed by atoms with Gasteiger partial charge in [-0.15, -0.1) is 0 Å². The first-order valence-corrected chi connectivity index (χ1v) is 7.70. The van der Waals surface area contributed by atoms with Crippen LogP contribution in [0.25, 0.3) is 0 Å². The number of piperazine rings is 1. The largest absolute Gasteiger partial charge is 0.380 e. The van der Waals surface area contributed by atoms with Gasteiger partial charge in [-0.3, -0.25) is 4.90 Å². The quantitative estimate of drug-likeness (QED) is 0.832. The van der Waals surface area contributed by atoms with E-state index < -0.39 is 0 Å². The van der Waals surface area contributed by atoms with E-state index in [9.17, 15) is 0 Å². The van der Waals surface area contributed by atoms with Crippen LogP contribution >= 0.6 is 0 Å². The third kappa shape index (κ3) is 3.06. The Morgan fingerprint density at radius 2 is 2.11 bits per heavy atom. The standard InChI is InChI=1S/C15H30N2O/c1-5-12(4)15-8-16-14(11(2)3)9-17(15)13-6-7-18-10-13/h11-16H,5-10H2,1-4H3.